The van der Waals surface area contributed by atoms with Crippen LogP contribution in [0.1, 0.15) is 46.1 Å². The van der Waals surface area contributed by atoms with Crippen LogP contribution in [0.25, 0.3) is 16.8 Å². The molecule has 1 saturated heterocycles. The van der Waals surface area contributed by atoms with Gasteiger partial charge in [0.05, 0.1) is 11.3 Å². The molecule has 0 atom stereocenters. The summed E-state index contributed by atoms with van der Waals surface area (Å²) in [5.74, 6) is -1.31. The minimum atomic E-state index is -0.809. The van der Waals surface area contributed by atoms with Gasteiger partial charge in [-0.05, 0) is 51.5 Å². The van der Waals surface area contributed by atoms with Crippen LogP contribution in [-0.4, -0.2) is 33.6 Å². The number of allylic oxidation sites excluding steroid dienone is 1. The normalized spacial score (nSPS) is 18.8. The van der Waals surface area contributed by atoms with E-state index in [0.29, 0.717) is 5.88 Å². The van der Waals surface area contributed by atoms with E-state index in [1.165, 1.54) is 6.07 Å². The molecule has 4 N–H and O–H groups in total. The molecule has 1 aliphatic heterocycles. The maximum Gasteiger partial charge on any atom is 0.233 e. The third-order valence-electron chi connectivity index (χ3n) is 5.05. The summed E-state index contributed by atoms with van der Waals surface area (Å²) < 4.78 is 35.2. The van der Waals surface area contributed by atoms with Gasteiger partial charge in [0.15, 0.2) is 0 Å². The van der Waals surface area contributed by atoms with E-state index < -0.39 is 11.6 Å². The second-order valence-electron chi connectivity index (χ2n) is 8.88. The van der Waals surface area contributed by atoms with Crippen molar-refractivity contribution in [3.8, 4) is 17.1 Å². The number of aromatic nitrogens is 2. The molecule has 1 aromatic heterocycles. The van der Waals surface area contributed by atoms with Crippen molar-refractivity contribution in [2.75, 3.05) is 0 Å². The van der Waals surface area contributed by atoms with Gasteiger partial charge in [-0.3, -0.25) is 0 Å². The first-order chi connectivity index (χ1) is 14.0. The summed E-state index contributed by atoms with van der Waals surface area (Å²) in [5, 5.41) is 18.9. The van der Waals surface area contributed by atoms with Crippen molar-refractivity contribution < 1.29 is 13.5 Å². The summed E-state index contributed by atoms with van der Waals surface area (Å²) in [6.07, 6.45) is 3.61. The zero-order valence-corrected chi connectivity index (χ0v) is 17.6. The van der Waals surface area contributed by atoms with Crippen LogP contribution in [0.5, 0.6) is 5.88 Å². The van der Waals surface area contributed by atoms with Crippen LogP contribution in [0.4, 0.5) is 8.78 Å². The predicted molar refractivity (Wildman–Crippen MR) is 113 cm³/mol. The number of rotatable bonds is 5. The summed E-state index contributed by atoms with van der Waals surface area (Å²) >= 11 is 0. The van der Waals surface area contributed by atoms with Crippen molar-refractivity contribution in [2.45, 2.75) is 57.7 Å². The van der Waals surface area contributed by atoms with Gasteiger partial charge in [0.2, 0.25) is 5.88 Å². The molecule has 1 fully saturated rings. The molecule has 3 rings (SSSR count). The lowest BCUT2D eigenvalue weighted by Crippen LogP contribution is -2.60. The number of hydrogen-bond acceptors (Lipinski definition) is 6. The Morgan fingerprint density at radius 1 is 1.13 bits per heavy atom. The van der Waals surface area contributed by atoms with Gasteiger partial charge < -0.3 is 21.2 Å². The number of piperidine rings is 1. The van der Waals surface area contributed by atoms with E-state index in [0.717, 1.165) is 37.4 Å². The van der Waals surface area contributed by atoms with Crippen molar-refractivity contribution in [1.29, 1.82) is 5.41 Å². The highest BCUT2D eigenvalue weighted by atomic mass is 19.1. The predicted octanol–water partition coefficient (Wildman–Crippen LogP) is 4.06. The molecule has 0 aliphatic carbocycles. The molecule has 30 heavy (non-hydrogen) atoms. The van der Waals surface area contributed by atoms with Crippen molar-refractivity contribution in [3.05, 3.63) is 47.7 Å². The Morgan fingerprint density at radius 3 is 2.20 bits per heavy atom. The van der Waals surface area contributed by atoms with E-state index in [4.69, 9.17) is 15.9 Å². The molecule has 0 spiro atoms. The fourth-order valence-corrected chi connectivity index (χ4v) is 4.21. The number of ether oxygens (including phenoxy) is 1. The molecule has 160 valence electrons. The number of nitrogens with one attached hydrogen (secondary N) is 2. The highest BCUT2D eigenvalue weighted by Crippen LogP contribution is 2.32. The zero-order valence-electron chi connectivity index (χ0n) is 17.6. The van der Waals surface area contributed by atoms with E-state index >= 15 is 0 Å². The molecular weight excluding hydrogens is 388 g/mol. The standard InChI is InChI=1S/C22H27F2N5O/c1-21(2)9-15(10-22(3,4)29-21)30-19-6-5-18(27-28-19)20-16(23)7-13(8-17(20)24)14(11-25)12-26/h5-8,11-12,15,25,29H,9-10,26H2,1-4H3/b14-12+,25-11?. The Bertz CT molecular complexity index is 931. The van der Waals surface area contributed by atoms with E-state index in [1.807, 2.05) is 0 Å². The topological polar surface area (TPSA) is 96.9 Å². The number of nitrogens with two attached hydrogens (primary N) is 1. The molecule has 2 aromatic rings. The molecule has 0 saturated carbocycles. The summed E-state index contributed by atoms with van der Waals surface area (Å²) in [5.41, 5.74) is 5.38. The van der Waals surface area contributed by atoms with Crippen molar-refractivity contribution in [2.24, 2.45) is 5.73 Å². The van der Waals surface area contributed by atoms with Gasteiger partial charge >= 0.3 is 0 Å². The van der Waals surface area contributed by atoms with Crippen LogP contribution in [0.15, 0.2) is 30.5 Å². The molecule has 0 bridgehead atoms. The number of hydrogen-bond donors (Lipinski definition) is 3. The molecule has 0 amide bonds. The number of halogens is 2. The Morgan fingerprint density at radius 2 is 1.73 bits per heavy atom. The molecule has 1 aliphatic rings. The van der Waals surface area contributed by atoms with Crippen LogP contribution in [0.2, 0.25) is 0 Å². The Labute approximate surface area is 175 Å². The maximum absolute atomic E-state index is 14.6. The zero-order chi connectivity index (χ0) is 22.1. The summed E-state index contributed by atoms with van der Waals surface area (Å²) in [6, 6.07) is 5.29. The van der Waals surface area contributed by atoms with Crippen molar-refractivity contribution in [1.82, 2.24) is 15.5 Å². The Balaban J connectivity index is 1.82. The van der Waals surface area contributed by atoms with Gasteiger partial charge in [0, 0.05) is 48.0 Å². The van der Waals surface area contributed by atoms with Gasteiger partial charge in [-0.15, -0.1) is 10.2 Å². The summed E-state index contributed by atoms with van der Waals surface area (Å²) in [6.45, 7) is 8.49. The van der Waals surface area contributed by atoms with E-state index in [9.17, 15) is 8.78 Å². The lowest BCUT2D eigenvalue weighted by atomic mass is 9.81. The van der Waals surface area contributed by atoms with Crippen molar-refractivity contribution >= 4 is 11.8 Å². The van der Waals surface area contributed by atoms with Crippen LogP contribution < -0.4 is 15.8 Å². The molecular formula is C22H27F2N5O. The average molecular weight is 415 g/mol. The minimum Gasteiger partial charge on any atom is -0.473 e. The summed E-state index contributed by atoms with van der Waals surface area (Å²) in [7, 11) is 0. The van der Waals surface area contributed by atoms with Gasteiger partial charge in [-0.2, -0.15) is 0 Å². The fourth-order valence-electron chi connectivity index (χ4n) is 4.21. The Hall–Kier alpha value is -2.87. The highest BCUT2D eigenvalue weighted by Gasteiger charge is 2.38. The van der Waals surface area contributed by atoms with Crippen LogP contribution in [0, 0.1) is 17.0 Å². The second-order valence-corrected chi connectivity index (χ2v) is 8.88. The Kier molecular flexibility index (Phi) is 5.90. The fraction of sp³-hybridized carbons (Fsp3) is 0.409. The van der Waals surface area contributed by atoms with Gasteiger partial charge in [0.25, 0.3) is 0 Å². The van der Waals surface area contributed by atoms with Crippen LogP contribution in [0.3, 0.4) is 0 Å². The third kappa shape index (κ3) is 4.81. The molecule has 2 heterocycles. The van der Waals surface area contributed by atoms with E-state index in [-0.39, 0.29) is 39.6 Å². The lowest BCUT2D eigenvalue weighted by molar-refractivity contribution is 0.0524. The molecule has 8 heteroatoms. The first-order valence-electron chi connectivity index (χ1n) is 9.75. The summed E-state index contributed by atoms with van der Waals surface area (Å²) in [4.78, 5) is 0. The minimum absolute atomic E-state index is 0.0493. The monoisotopic (exact) mass is 415 g/mol. The number of benzene rings is 1. The van der Waals surface area contributed by atoms with E-state index in [1.54, 1.807) is 6.07 Å². The average Bonchev–Trinajstić information content (AvgIpc) is 2.61. The van der Waals surface area contributed by atoms with Gasteiger partial charge in [-0.25, -0.2) is 8.78 Å². The molecule has 6 nitrogen and oxygen atoms in total. The van der Waals surface area contributed by atoms with Crippen molar-refractivity contribution in [3.63, 3.8) is 0 Å². The molecule has 0 radical (unpaired) electrons. The lowest BCUT2D eigenvalue weighted by Gasteiger charge is -2.46. The third-order valence-corrected chi connectivity index (χ3v) is 5.05. The first-order valence-corrected chi connectivity index (χ1v) is 9.75. The molecule has 0 unspecified atom stereocenters. The molecule has 1 aromatic carbocycles. The second kappa shape index (κ2) is 8.10. The van der Waals surface area contributed by atoms with Gasteiger partial charge in [0.1, 0.15) is 17.7 Å². The van der Waals surface area contributed by atoms with E-state index in [2.05, 4.69) is 43.2 Å². The van der Waals surface area contributed by atoms with Crippen LogP contribution in [-0.2, 0) is 0 Å². The number of nitrogens with zero attached hydrogens (tertiary/aromatic N) is 2. The smallest absolute Gasteiger partial charge is 0.233 e. The SMILES string of the molecule is CC1(C)CC(Oc2ccc(-c3c(F)cc(/C(C=N)=C/N)cc3F)nn2)CC(C)(C)N1. The van der Waals surface area contributed by atoms with Crippen LogP contribution >= 0.6 is 0 Å². The highest BCUT2D eigenvalue weighted by molar-refractivity contribution is 6.08. The van der Waals surface area contributed by atoms with Gasteiger partial charge in [-0.1, -0.05) is 0 Å². The largest absolute Gasteiger partial charge is 0.473 e. The first kappa shape index (κ1) is 21.8. The quantitative estimate of drug-likeness (QED) is 0.640. The maximum atomic E-state index is 14.6.